The minimum absolute atomic E-state index is 0.0585. The van der Waals surface area contributed by atoms with Crippen molar-refractivity contribution in [1.82, 2.24) is 10.3 Å². The molecule has 0 radical (unpaired) electrons. The summed E-state index contributed by atoms with van der Waals surface area (Å²) < 4.78 is 0. The van der Waals surface area contributed by atoms with Crippen LogP contribution in [0.3, 0.4) is 0 Å². The Hall–Kier alpha value is -1.88. The first-order valence-electron chi connectivity index (χ1n) is 7.12. The van der Waals surface area contributed by atoms with E-state index in [2.05, 4.69) is 40.2 Å². The Kier molecular flexibility index (Phi) is 5.33. The van der Waals surface area contributed by atoms with Gasteiger partial charge in [-0.2, -0.15) is 11.3 Å². The van der Waals surface area contributed by atoms with Gasteiger partial charge >= 0.3 is 0 Å². The van der Waals surface area contributed by atoms with Crippen LogP contribution in [0.2, 0.25) is 0 Å². The second kappa shape index (κ2) is 7.22. The first-order valence-corrected chi connectivity index (χ1v) is 8.07. The summed E-state index contributed by atoms with van der Waals surface area (Å²) in [7, 11) is 1.81. The monoisotopic (exact) mass is 303 g/mol. The van der Waals surface area contributed by atoms with Crippen molar-refractivity contribution in [3.63, 3.8) is 0 Å². The molecule has 0 aromatic carbocycles. The highest BCUT2D eigenvalue weighted by atomic mass is 32.1. The summed E-state index contributed by atoms with van der Waals surface area (Å²) in [5.74, 6) is 0.676. The Bertz CT molecular complexity index is 622. The van der Waals surface area contributed by atoms with Crippen LogP contribution in [0.15, 0.2) is 22.9 Å². The predicted octanol–water partition coefficient (Wildman–Crippen LogP) is 3.38. The zero-order chi connectivity index (χ0) is 15.2. The van der Waals surface area contributed by atoms with Gasteiger partial charge in [0.1, 0.15) is 5.82 Å². The molecular formula is C16H21N3OS. The third-order valence-electron chi connectivity index (χ3n) is 3.30. The van der Waals surface area contributed by atoms with Gasteiger partial charge in [-0.25, -0.2) is 4.98 Å². The van der Waals surface area contributed by atoms with Crippen molar-refractivity contribution >= 4 is 23.1 Å². The van der Waals surface area contributed by atoms with Crippen LogP contribution in [-0.4, -0.2) is 17.9 Å². The normalized spacial score (nSPS) is 10.4. The van der Waals surface area contributed by atoms with E-state index in [0.29, 0.717) is 12.1 Å². The number of carbonyl (C=O) groups excluding carboxylic acids is 1. The molecular weight excluding hydrogens is 282 g/mol. The van der Waals surface area contributed by atoms with Crippen LogP contribution in [0.4, 0.5) is 5.82 Å². The van der Waals surface area contributed by atoms with E-state index in [1.807, 2.05) is 13.1 Å². The van der Waals surface area contributed by atoms with Crippen LogP contribution in [0.5, 0.6) is 0 Å². The molecule has 0 bridgehead atoms. The Morgan fingerprint density at radius 1 is 1.33 bits per heavy atom. The largest absolute Gasteiger partial charge is 0.373 e. The first kappa shape index (κ1) is 15.5. The fourth-order valence-corrected chi connectivity index (χ4v) is 2.93. The molecule has 112 valence electrons. The SMILES string of the molecule is CCCc1cc(C(=O)NCc2cscc2C)cc(NC)n1. The van der Waals surface area contributed by atoms with E-state index in [0.717, 1.165) is 24.4 Å². The number of carbonyl (C=O) groups is 1. The summed E-state index contributed by atoms with van der Waals surface area (Å²) in [6.07, 6.45) is 1.88. The number of amides is 1. The van der Waals surface area contributed by atoms with Gasteiger partial charge in [-0.15, -0.1) is 0 Å². The molecule has 2 N–H and O–H groups in total. The topological polar surface area (TPSA) is 54.0 Å². The number of pyridine rings is 1. The molecule has 0 aliphatic carbocycles. The molecule has 5 heteroatoms. The van der Waals surface area contributed by atoms with Gasteiger partial charge in [0.15, 0.2) is 0 Å². The molecule has 0 aliphatic heterocycles. The van der Waals surface area contributed by atoms with Gasteiger partial charge in [-0.1, -0.05) is 13.3 Å². The average Bonchev–Trinajstić information content (AvgIpc) is 2.90. The summed E-state index contributed by atoms with van der Waals surface area (Å²) in [5, 5.41) is 10.1. The third-order valence-corrected chi connectivity index (χ3v) is 4.21. The summed E-state index contributed by atoms with van der Waals surface area (Å²) in [6, 6.07) is 3.66. The van der Waals surface area contributed by atoms with E-state index in [4.69, 9.17) is 0 Å². The minimum atomic E-state index is -0.0585. The summed E-state index contributed by atoms with van der Waals surface area (Å²) >= 11 is 1.66. The summed E-state index contributed by atoms with van der Waals surface area (Å²) in [5.41, 5.74) is 3.99. The van der Waals surface area contributed by atoms with Crippen molar-refractivity contribution in [2.45, 2.75) is 33.2 Å². The molecule has 2 heterocycles. The molecule has 0 atom stereocenters. The molecule has 0 spiro atoms. The van der Waals surface area contributed by atoms with Gasteiger partial charge in [0, 0.05) is 24.8 Å². The highest BCUT2D eigenvalue weighted by Crippen LogP contribution is 2.15. The predicted molar refractivity (Wildman–Crippen MR) is 88.0 cm³/mol. The fraction of sp³-hybridized carbons (Fsp3) is 0.375. The average molecular weight is 303 g/mol. The van der Waals surface area contributed by atoms with Crippen molar-refractivity contribution in [3.05, 3.63) is 45.3 Å². The number of nitrogens with one attached hydrogen (secondary N) is 2. The number of hydrogen-bond acceptors (Lipinski definition) is 4. The molecule has 2 aromatic heterocycles. The van der Waals surface area contributed by atoms with E-state index < -0.39 is 0 Å². The second-order valence-corrected chi connectivity index (χ2v) is 5.74. The van der Waals surface area contributed by atoms with E-state index in [9.17, 15) is 4.79 Å². The highest BCUT2D eigenvalue weighted by Gasteiger charge is 2.10. The van der Waals surface area contributed by atoms with Crippen LogP contribution in [0, 0.1) is 6.92 Å². The fourth-order valence-electron chi connectivity index (χ4n) is 2.08. The van der Waals surface area contributed by atoms with Crippen LogP contribution in [0.1, 0.15) is 40.5 Å². The van der Waals surface area contributed by atoms with Gasteiger partial charge in [0.25, 0.3) is 5.91 Å². The van der Waals surface area contributed by atoms with Crippen LogP contribution >= 0.6 is 11.3 Å². The molecule has 0 saturated heterocycles. The summed E-state index contributed by atoms with van der Waals surface area (Å²) in [6.45, 7) is 4.73. The molecule has 0 aliphatic rings. The summed E-state index contributed by atoms with van der Waals surface area (Å²) in [4.78, 5) is 16.8. The van der Waals surface area contributed by atoms with Crippen LogP contribution in [0.25, 0.3) is 0 Å². The zero-order valence-corrected chi connectivity index (χ0v) is 13.5. The van der Waals surface area contributed by atoms with Gasteiger partial charge < -0.3 is 10.6 Å². The molecule has 4 nitrogen and oxygen atoms in total. The molecule has 0 saturated carbocycles. The lowest BCUT2D eigenvalue weighted by atomic mass is 10.1. The molecule has 2 rings (SSSR count). The Labute approximate surface area is 129 Å². The maximum atomic E-state index is 12.3. The number of anilines is 1. The van der Waals surface area contributed by atoms with E-state index >= 15 is 0 Å². The van der Waals surface area contributed by atoms with Gasteiger partial charge in [0.2, 0.25) is 0 Å². The molecule has 21 heavy (non-hydrogen) atoms. The number of rotatable bonds is 6. The highest BCUT2D eigenvalue weighted by molar-refractivity contribution is 7.08. The second-order valence-electron chi connectivity index (χ2n) is 5.00. The van der Waals surface area contributed by atoms with Crippen LogP contribution in [-0.2, 0) is 13.0 Å². The van der Waals surface area contributed by atoms with Crippen LogP contribution < -0.4 is 10.6 Å². The van der Waals surface area contributed by atoms with Crippen molar-refractivity contribution in [3.8, 4) is 0 Å². The van der Waals surface area contributed by atoms with Crippen molar-refractivity contribution in [2.24, 2.45) is 0 Å². The Morgan fingerprint density at radius 2 is 2.14 bits per heavy atom. The number of hydrogen-bond donors (Lipinski definition) is 2. The Morgan fingerprint density at radius 3 is 2.76 bits per heavy atom. The maximum Gasteiger partial charge on any atom is 0.251 e. The standard InChI is InChI=1S/C16H21N3OS/c1-4-5-14-6-12(7-15(17-3)19-14)16(20)18-8-13-10-21-9-11(13)2/h6-7,9-10H,4-5,8H2,1-3H3,(H,17,19)(H,18,20). The van der Waals surface area contributed by atoms with Gasteiger partial charge in [0.05, 0.1) is 0 Å². The van der Waals surface area contributed by atoms with Crippen molar-refractivity contribution in [2.75, 3.05) is 12.4 Å². The lowest BCUT2D eigenvalue weighted by Crippen LogP contribution is -2.23. The quantitative estimate of drug-likeness (QED) is 0.860. The number of aromatic nitrogens is 1. The number of thiophene rings is 1. The minimum Gasteiger partial charge on any atom is -0.373 e. The molecule has 1 amide bonds. The van der Waals surface area contributed by atoms with E-state index in [1.54, 1.807) is 17.4 Å². The third kappa shape index (κ3) is 4.04. The van der Waals surface area contributed by atoms with Crippen molar-refractivity contribution < 1.29 is 4.79 Å². The molecule has 0 fully saturated rings. The van der Waals surface area contributed by atoms with Gasteiger partial charge in [-0.05, 0) is 47.4 Å². The first-order chi connectivity index (χ1) is 10.1. The lowest BCUT2D eigenvalue weighted by Gasteiger charge is -2.09. The molecule has 2 aromatic rings. The Balaban J connectivity index is 2.10. The van der Waals surface area contributed by atoms with E-state index in [-0.39, 0.29) is 5.91 Å². The zero-order valence-electron chi connectivity index (χ0n) is 12.7. The van der Waals surface area contributed by atoms with Crippen molar-refractivity contribution in [1.29, 1.82) is 0 Å². The maximum absolute atomic E-state index is 12.3. The smallest absolute Gasteiger partial charge is 0.251 e. The molecule has 0 unspecified atom stereocenters. The number of aryl methyl sites for hydroxylation is 2. The number of nitrogens with zero attached hydrogens (tertiary/aromatic N) is 1. The van der Waals surface area contributed by atoms with Gasteiger partial charge in [-0.3, -0.25) is 4.79 Å². The van der Waals surface area contributed by atoms with E-state index in [1.165, 1.54) is 11.1 Å². The lowest BCUT2D eigenvalue weighted by molar-refractivity contribution is 0.0950.